The molecule has 0 saturated carbocycles. The van der Waals surface area contributed by atoms with Crippen molar-refractivity contribution in [2.45, 2.75) is 97.3 Å². The number of hydrogen-bond acceptors (Lipinski definition) is 4. The first-order valence-electron chi connectivity index (χ1n) is 11.4. The second kappa shape index (κ2) is 14.6. The number of nitrogens with zero attached hydrogens (tertiary/aromatic N) is 2. The summed E-state index contributed by atoms with van der Waals surface area (Å²) in [5, 5.41) is 11.0. The zero-order valence-electron chi connectivity index (χ0n) is 17.9. The summed E-state index contributed by atoms with van der Waals surface area (Å²) in [6.45, 7) is 5.32. The van der Waals surface area contributed by atoms with Crippen LogP contribution in [-0.2, 0) is 6.42 Å². The molecule has 156 valence electrons. The zero-order valence-corrected chi connectivity index (χ0v) is 18.7. The van der Waals surface area contributed by atoms with Crippen LogP contribution in [0, 0.1) is 0 Å². The molecule has 4 heteroatoms. The van der Waals surface area contributed by atoms with Crippen molar-refractivity contribution in [2.24, 2.45) is 0 Å². The Labute approximate surface area is 175 Å². The molecule has 0 N–H and O–H groups in total. The summed E-state index contributed by atoms with van der Waals surface area (Å²) in [5.74, 6) is 0.951. The molecule has 1 aromatic heterocycles. The molecule has 0 aliphatic rings. The van der Waals surface area contributed by atoms with Gasteiger partial charge in [-0.2, -0.15) is 0 Å². The SMILES string of the molecule is CCCCCCCCCc1nnc(-c2ccc(OCCCCCCC)cc2)s1. The van der Waals surface area contributed by atoms with Crippen molar-refractivity contribution in [3.8, 4) is 16.3 Å². The molecule has 0 saturated heterocycles. The molecule has 1 aromatic carbocycles. The van der Waals surface area contributed by atoms with Gasteiger partial charge in [-0.3, -0.25) is 0 Å². The first-order chi connectivity index (χ1) is 13.8. The highest BCUT2D eigenvalue weighted by Gasteiger charge is 2.07. The van der Waals surface area contributed by atoms with Crippen LogP contribution in [0.3, 0.4) is 0 Å². The van der Waals surface area contributed by atoms with Gasteiger partial charge >= 0.3 is 0 Å². The average molecular weight is 403 g/mol. The van der Waals surface area contributed by atoms with E-state index < -0.39 is 0 Å². The van der Waals surface area contributed by atoms with Gasteiger partial charge in [0.15, 0.2) is 0 Å². The second-order valence-corrected chi connectivity index (χ2v) is 8.72. The standard InChI is InChI=1S/C24H38N2OS/c1-3-5-7-9-10-11-13-15-23-25-26-24(28-23)21-16-18-22(19-17-21)27-20-14-12-8-6-4-2/h16-19H,3-15,20H2,1-2H3. The zero-order chi connectivity index (χ0) is 19.9. The predicted octanol–water partition coefficient (Wildman–Crippen LogP) is 7.85. The van der Waals surface area contributed by atoms with Crippen molar-refractivity contribution in [3.05, 3.63) is 29.3 Å². The molecule has 0 atom stereocenters. The van der Waals surface area contributed by atoms with Gasteiger partial charge in [0.05, 0.1) is 6.61 Å². The van der Waals surface area contributed by atoms with Gasteiger partial charge in [0.1, 0.15) is 15.8 Å². The summed E-state index contributed by atoms with van der Waals surface area (Å²) in [6, 6.07) is 8.31. The van der Waals surface area contributed by atoms with Gasteiger partial charge in [-0.25, -0.2) is 0 Å². The number of unbranched alkanes of at least 4 members (excludes halogenated alkanes) is 10. The number of benzene rings is 1. The Morgan fingerprint density at radius 2 is 1.32 bits per heavy atom. The van der Waals surface area contributed by atoms with Crippen LogP contribution < -0.4 is 4.74 Å². The van der Waals surface area contributed by atoms with Crippen molar-refractivity contribution in [1.82, 2.24) is 10.2 Å². The fourth-order valence-electron chi connectivity index (χ4n) is 3.29. The third-order valence-corrected chi connectivity index (χ3v) is 6.11. The quantitative estimate of drug-likeness (QED) is 0.268. The lowest BCUT2D eigenvalue weighted by molar-refractivity contribution is 0.304. The highest BCUT2D eigenvalue weighted by Crippen LogP contribution is 2.26. The molecule has 0 aliphatic heterocycles. The largest absolute Gasteiger partial charge is 0.494 e. The van der Waals surface area contributed by atoms with Gasteiger partial charge < -0.3 is 4.74 Å². The minimum absolute atomic E-state index is 0.810. The second-order valence-electron chi connectivity index (χ2n) is 7.66. The highest BCUT2D eigenvalue weighted by molar-refractivity contribution is 7.14. The van der Waals surface area contributed by atoms with Crippen LogP contribution in [0.25, 0.3) is 10.6 Å². The minimum atomic E-state index is 0.810. The molecule has 0 amide bonds. The summed E-state index contributed by atoms with van der Waals surface area (Å²) in [4.78, 5) is 0. The van der Waals surface area contributed by atoms with Crippen LogP contribution >= 0.6 is 11.3 Å². The van der Waals surface area contributed by atoms with Crippen molar-refractivity contribution in [2.75, 3.05) is 6.61 Å². The van der Waals surface area contributed by atoms with Crippen LogP contribution in [0.2, 0.25) is 0 Å². The molecular weight excluding hydrogens is 364 g/mol. The van der Waals surface area contributed by atoms with E-state index in [2.05, 4.69) is 48.3 Å². The lowest BCUT2D eigenvalue weighted by Crippen LogP contribution is -1.97. The lowest BCUT2D eigenvalue weighted by atomic mass is 10.1. The Kier molecular flexibility index (Phi) is 11.9. The van der Waals surface area contributed by atoms with E-state index in [-0.39, 0.29) is 0 Å². The van der Waals surface area contributed by atoms with Crippen molar-refractivity contribution in [1.29, 1.82) is 0 Å². The molecule has 28 heavy (non-hydrogen) atoms. The van der Waals surface area contributed by atoms with E-state index in [0.717, 1.165) is 40.8 Å². The molecule has 0 unspecified atom stereocenters. The van der Waals surface area contributed by atoms with Crippen LogP contribution in [0.1, 0.15) is 95.9 Å². The number of rotatable bonds is 16. The summed E-state index contributed by atoms with van der Waals surface area (Å²) in [6.07, 6.45) is 16.7. The molecule has 0 spiro atoms. The maximum atomic E-state index is 5.85. The minimum Gasteiger partial charge on any atom is -0.494 e. The Balaban J connectivity index is 1.66. The lowest BCUT2D eigenvalue weighted by Gasteiger charge is -2.06. The number of aryl methyl sites for hydroxylation is 1. The van der Waals surface area contributed by atoms with Gasteiger partial charge in [0, 0.05) is 12.0 Å². The fourth-order valence-corrected chi connectivity index (χ4v) is 4.18. The van der Waals surface area contributed by atoms with Gasteiger partial charge in [-0.1, -0.05) is 89.4 Å². The molecule has 3 nitrogen and oxygen atoms in total. The molecule has 0 radical (unpaired) electrons. The fraction of sp³-hybridized carbons (Fsp3) is 0.667. The Hall–Kier alpha value is -1.42. The maximum Gasteiger partial charge on any atom is 0.147 e. The molecule has 2 aromatic rings. The summed E-state index contributed by atoms with van der Waals surface area (Å²) < 4.78 is 5.85. The first kappa shape index (κ1) is 22.9. The summed E-state index contributed by atoms with van der Waals surface area (Å²) in [7, 11) is 0. The normalized spacial score (nSPS) is 11.1. The molecule has 0 bridgehead atoms. The van der Waals surface area contributed by atoms with E-state index in [1.54, 1.807) is 11.3 Å². The number of hydrogen-bond donors (Lipinski definition) is 0. The van der Waals surface area contributed by atoms with E-state index >= 15 is 0 Å². The third kappa shape index (κ3) is 9.18. The van der Waals surface area contributed by atoms with Gasteiger partial charge in [0.2, 0.25) is 0 Å². The summed E-state index contributed by atoms with van der Waals surface area (Å²) in [5.41, 5.74) is 1.14. The maximum absolute atomic E-state index is 5.85. The van der Waals surface area contributed by atoms with Crippen LogP contribution in [0.15, 0.2) is 24.3 Å². The van der Waals surface area contributed by atoms with E-state index in [1.165, 1.54) is 70.6 Å². The van der Waals surface area contributed by atoms with Crippen molar-refractivity contribution >= 4 is 11.3 Å². The van der Waals surface area contributed by atoms with Crippen molar-refractivity contribution in [3.63, 3.8) is 0 Å². The monoisotopic (exact) mass is 402 g/mol. The molecular formula is C24H38N2OS. The van der Waals surface area contributed by atoms with E-state index in [4.69, 9.17) is 4.74 Å². The van der Waals surface area contributed by atoms with Crippen molar-refractivity contribution < 1.29 is 4.74 Å². The van der Waals surface area contributed by atoms with Crippen LogP contribution in [0.5, 0.6) is 5.75 Å². The highest BCUT2D eigenvalue weighted by atomic mass is 32.1. The van der Waals surface area contributed by atoms with E-state index in [0.29, 0.717) is 0 Å². The molecule has 0 fully saturated rings. The summed E-state index contributed by atoms with van der Waals surface area (Å²) >= 11 is 1.73. The Morgan fingerprint density at radius 3 is 2.00 bits per heavy atom. The van der Waals surface area contributed by atoms with E-state index in [9.17, 15) is 0 Å². The first-order valence-corrected chi connectivity index (χ1v) is 12.2. The smallest absolute Gasteiger partial charge is 0.147 e. The van der Waals surface area contributed by atoms with E-state index in [1.807, 2.05) is 0 Å². The average Bonchev–Trinajstić information content (AvgIpc) is 3.19. The van der Waals surface area contributed by atoms with Gasteiger partial charge in [-0.15, -0.1) is 10.2 Å². The van der Waals surface area contributed by atoms with Gasteiger partial charge in [0.25, 0.3) is 0 Å². The van der Waals surface area contributed by atoms with Crippen LogP contribution in [-0.4, -0.2) is 16.8 Å². The Bertz CT molecular complexity index is 624. The topological polar surface area (TPSA) is 35.0 Å². The molecule has 0 aliphatic carbocycles. The Morgan fingerprint density at radius 1 is 0.714 bits per heavy atom. The van der Waals surface area contributed by atoms with Crippen LogP contribution in [0.4, 0.5) is 0 Å². The predicted molar refractivity (Wildman–Crippen MR) is 121 cm³/mol. The number of aromatic nitrogens is 2. The number of ether oxygens (including phenoxy) is 1. The third-order valence-electron chi connectivity index (χ3n) is 5.08. The van der Waals surface area contributed by atoms with Gasteiger partial charge in [-0.05, 0) is 37.1 Å². The molecule has 2 rings (SSSR count). The molecule has 1 heterocycles.